The Kier molecular flexibility index (Phi) is 3.83. The Morgan fingerprint density at radius 3 is 3.00 bits per heavy atom. The van der Waals surface area contributed by atoms with Gasteiger partial charge in [-0.15, -0.1) is 11.8 Å². The molecule has 0 radical (unpaired) electrons. The highest BCUT2D eigenvalue weighted by molar-refractivity contribution is 8.01. The van der Waals surface area contributed by atoms with Crippen LogP contribution in [0.4, 0.5) is 0 Å². The van der Waals surface area contributed by atoms with Gasteiger partial charge in [-0.05, 0) is 44.8 Å². The van der Waals surface area contributed by atoms with Crippen LogP contribution < -0.4 is 0 Å². The average molecular weight is 241 g/mol. The Morgan fingerprint density at radius 1 is 1.44 bits per heavy atom. The van der Waals surface area contributed by atoms with Gasteiger partial charge in [0.25, 0.3) is 0 Å². The third-order valence-corrected chi connectivity index (χ3v) is 5.39. The van der Waals surface area contributed by atoms with E-state index in [0.29, 0.717) is 11.9 Å². The fraction of sp³-hybridized carbons (Fsp3) is 0.923. The van der Waals surface area contributed by atoms with E-state index in [4.69, 9.17) is 0 Å². The molecule has 0 aliphatic carbocycles. The maximum absolute atomic E-state index is 12.6. The van der Waals surface area contributed by atoms with Crippen molar-refractivity contribution >= 4 is 17.7 Å². The van der Waals surface area contributed by atoms with Crippen molar-refractivity contribution < 1.29 is 4.79 Å². The van der Waals surface area contributed by atoms with E-state index in [-0.39, 0.29) is 4.75 Å². The molecule has 2 rings (SSSR count). The van der Waals surface area contributed by atoms with Gasteiger partial charge in [-0.25, -0.2) is 0 Å². The van der Waals surface area contributed by atoms with E-state index in [1.54, 1.807) is 0 Å². The summed E-state index contributed by atoms with van der Waals surface area (Å²) in [6, 6.07) is 0.549. The molecule has 0 saturated carbocycles. The first-order valence-corrected chi connectivity index (χ1v) is 7.61. The first kappa shape index (κ1) is 12.3. The highest BCUT2D eigenvalue weighted by Gasteiger charge is 2.41. The molecule has 16 heavy (non-hydrogen) atoms. The van der Waals surface area contributed by atoms with Crippen molar-refractivity contribution in [2.75, 3.05) is 12.3 Å². The van der Waals surface area contributed by atoms with E-state index in [0.717, 1.165) is 25.1 Å². The summed E-state index contributed by atoms with van der Waals surface area (Å²) in [5, 5.41) is 0. The lowest BCUT2D eigenvalue weighted by atomic mass is 9.96. The minimum Gasteiger partial charge on any atom is -0.338 e. The van der Waals surface area contributed by atoms with Crippen LogP contribution in [0, 0.1) is 0 Å². The average Bonchev–Trinajstić information content (AvgIpc) is 2.40. The molecule has 2 aliphatic heterocycles. The Labute approximate surface area is 103 Å². The Balaban J connectivity index is 2.16. The maximum Gasteiger partial charge on any atom is 0.238 e. The topological polar surface area (TPSA) is 20.3 Å². The lowest BCUT2D eigenvalue weighted by molar-refractivity contribution is -0.137. The van der Waals surface area contributed by atoms with E-state index in [9.17, 15) is 4.79 Å². The van der Waals surface area contributed by atoms with Gasteiger partial charge in [0, 0.05) is 12.6 Å². The summed E-state index contributed by atoms with van der Waals surface area (Å²) in [6.45, 7) is 5.33. The van der Waals surface area contributed by atoms with Crippen molar-refractivity contribution in [2.45, 2.75) is 63.2 Å². The lowest BCUT2D eigenvalue weighted by Gasteiger charge is -2.38. The number of hydrogen-bond acceptors (Lipinski definition) is 2. The Hall–Kier alpha value is -0.180. The standard InChI is InChI=1S/C13H23NOS/c1-3-8-13(2)12(15)14-9-5-4-6-11(14)7-10-16-13/h11H,3-10H2,1-2H3/t11-,13-/m0/s1. The van der Waals surface area contributed by atoms with E-state index < -0.39 is 0 Å². The fourth-order valence-corrected chi connectivity index (χ4v) is 4.44. The van der Waals surface area contributed by atoms with E-state index in [1.807, 2.05) is 11.8 Å². The zero-order valence-electron chi connectivity index (χ0n) is 10.5. The summed E-state index contributed by atoms with van der Waals surface area (Å²) in [7, 11) is 0. The summed E-state index contributed by atoms with van der Waals surface area (Å²) in [5.74, 6) is 1.57. The van der Waals surface area contributed by atoms with Crippen LogP contribution in [0.2, 0.25) is 0 Å². The van der Waals surface area contributed by atoms with E-state index in [1.165, 1.54) is 25.7 Å². The molecular formula is C13H23NOS. The Bertz CT molecular complexity index is 269. The van der Waals surface area contributed by atoms with Crippen LogP contribution in [0.3, 0.4) is 0 Å². The zero-order valence-corrected chi connectivity index (χ0v) is 11.3. The second-order valence-electron chi connectivity index (χ2n) is 5.27. The third kappa shape index (κ3) is 2.24. The number of fused-ring (bicyclic) bond motifs is 1. The molecule has 2 nitrogen and oxygen atoms in total. The number of carbonyl (C=O) groups excluding carboxylic acids is 1. The molecule has 1 amide bonds. The Morgan fingerprint density at radius 2 is 2.25 bits per heavy atom. The van der Waals surface area contributed by atoms with Crippen molar-refractivity contribution in [3.05, 3.63) is 0 Å². The van der Waals surface area contributed by atoms with Gasteiger partial charge in [-0.3, -0.25) is 4.79 Å². The second-order valence-corrected chi connectivity index (χ2v) is 6.86. The van der Waals surface area contributed by atoms with Gasteiger partial charge in [-0.1, -0.05) is 13.3 Å². The quantitative estimate of drug-likeness (QED) is 0.740. The molecule has 2 heterocycles. The van der Waals surface area contributed by atoms with Crippen LogP contribution in [0.5, 0.6) is 0 Å². The van der Waals surface area contributed by atoms with Gasteiger partial charge >= 0.3 is 0 Å². The van der Waals surface area contributed by atoms with Crippen molar-refractivity contribution in [3.8, 4) is 0 Å². The molecule has 0 aromatic rings. The summed E-state index contributed by atoms with van der Waals surface area (Å²) in [5.41, 5.74) is 0. The minimum absolute atomic E-state index is 0.138. The first-order valence-electron chi connectivity index (χ1n) is 6.62. The lowest BCUT2D eigenvalue weighted by Crippen LogP contribution is -2.49. The molecule has 2 fully saturated rings. The molecule has 0 N–H and O–H groups in total. The maximum atomic E-state index is 12.6. The van der Waals surface area contributed by atoms with Crippen molar-refractivity contribution in [2.24, 2.45) is 0 Å². The summed E-state index contributed by atoms with van der Waals surface area (Å²) in [6.07, 6.45) is 7.08. The molecule has 0 unspecified atom stereocenters. The van der Waals surface area contributed by atoms with Crippen LogP contribution in [0.25, 0.3) is 0 Å². The van der Waals surface area contributed by atoms with Gasteiger partial charge < -0.3 is 4.90 Å². The predicted octanol–water partition coefficient (Wildman–Crippen LogP) is 3.06. The van der Waals surface area contributed by atoms with E-state index in [2.05, 4.69) is 18.7 Å². The number of amides is 1. The first-order chi connectivity index (χ1) is 7.67. The fourth-order valence-electron chi connectivity index (χ4n) is 3.01. The molecule has 92 valence electrons. The number of rotatable bonds is 2. The normalized spacial score (nSPS) is 35.8. The molecule has 0 aromatic carbocycles. The number of hydrogen-bond donors (Lipinski definition) is 0. The molecule has 3 heteroatoms. The highest BCUT2D eigenvalue weighted by atomic mass is 32.2. The molecule has 2 atom stereocenters. The van der Waals surface area contributed by atoms with Gasteiger partial charge in [0.05, 0.1) is 4.75 Å². The monoisotopic (exact) mass is 241 g/mol. The van der Waals surface area contributed by atoms with Crippen LogP contribution >= 0.6 is 11.8 Å². The predicted molar refractivity (Wildman–Crippen MR) is 69.7 cm³/mol. The van der Waals surface area contributed by atoms with E-state index >= 15 is 0 Å². The zero-order chi connectivity index (χ0) is 11.6. The molecule has 2 saturated heterocycles. The number of carbonyl (C=O) groups is 1. The SMILES string of the molecule is CCC[C@]1(C)SCC[C@@H]2CCCCN2C1=O. The van der Waals surface area contributed by atoms with Gasteiger partial charge in [0.1, 0.15) is 0 Å². The van der Waals surface area contributed by atoms with Gasteiger partial charge in [-0.2, -0.15) is 0 Å². The van der Waals surface area contributed by atoms with Gasteiger partial charge in [0.2, 0.25) is 5.91 Å². The van der Waals surface area contributed by atoms with Crippen LogP contribution in [0.15, 0.2) is 0 Å². The van der Waals surface area contributed by atoms with Crippen LogP contribution in [-0.4, -0.2) is 33.9 Å². The summed E-state index contributed by atoms with van der Waals surface area (Å²) >= 11 is 1.89. The number of thioether (sulfide) groups is 1. The summed E-state index contributed by atoms with van der Waals surface area (Å²) < 4.78 is -0.138. The van der Waals surface area contributed by atoms with Crippen molar-refractivity contribution in [1.82, 2.24) is 4.90 Å². The highest BCUT2D eigenvalue weighted by Crippen LogP contribution is 2.38. The molecule has 2 aliphatic rings. The van der Waals surface area contributed by atoms with Crippen molar-refractivity contribution in [3.63, 3.8) is 0 Å². The molecule has 0 bridgehead atoms. The minimum atomic E-state index is -0.138. The van der Waals surface area contributed by atoms with Crippen molar-refractivity contribution in [1.29, 1.82) is 0 Å². The smallest absolute Gasteiger partial charge is 0.238 e. The number of piperidine rings is 1. The van der Waals surface area contributed by atoms with Gasteiger partial charge in [0.15, 0.2) is 0 Å². The van der Waals surface area contributed by atoms with Crippen LogP contribution in [0.1, 0.15) is 52.4 Å². The molecular weight excluding hydrogens is 218 g/mol. The second kappa shape index (κ2) is 4.99. The third-order valence-electron chi connectivity index (χ3n) is 3.94. The molecule has 0 spiro atoms. The summed E-state index contributed by atoms with van der Waals surface area (Å²) in [4.78, 5) is 14.8. The number of nitrogens with zero attached hydrogens (tertiary/aromatic N) is 1. The largest absolute Gasteiger partial charge is 0.338 e. The molecule has 0 aromatic heterocycles. The van der Waals surface area contributed by atoms with Crippen LogP contribution in [-0.2, 0) is 4.79 Å².